The van der Waals surface area contributed by atoms with Gasteiger partial charge in [-0.2, -0.15) is 0 Å². The second-order valence-electron chi connectivity index (χ2n) is 6.34. The van der Waals surface area contributed by atoms with Crippen molar-refractivity contribution in [2.24, 2.45) is 0 Å². The number of H-pyrrole nitrogens is 1. The molecule has 138 valence electrons. The average Bonchev–Trinajstić information content (AvgIpc) is 3.12. The van der Waals surface area contributed by atoms with Gasteiger partial charge >= 0.3 is 6.03 Å². The topological polar surface area (TPSA) is 94.7 Å². The molecule has 0 radical (unpaired) electrons. The molecular formula is C18H22N4O4. The highest BCUT2D eigenvalue weighted by molar-refractivity contribution is 6.05. The number of aromatic amines is 1. The Kier molecular flexibility index (Phi) is 4.83. The fourth-order valence-corrected chi connectivity index (χ4v) is 3.15. The Morgan fingerprint density at radius 1 is 1.31 bits per heavy atom. The molecule has 1 aromatic carbocycles. The second kappa shape index (κ2) is 7.07. The summed E-state index contributed by atoms with van der Waals surface area (Å²) in [5.74, 6) is 0.172. The first kappa shape index (κ1) is 17.8. The molecule has 2 heterocycles. The number of imide groups is 1. The maximum absolute atomic E-state index is 12.1. The van der Waals surface area contributed by atoms with Crippen molar-refractivity contribution in [3.8, 4) is 5.75 Å². The minimum Gasteiger partial charge on any atom is -0.497 e. The third-order valence-electron chi connectivity index (χ3n) is 4.74. The lowest BCUT2D eigenvalue weighted by Gasteiger charge is -2.15. The molecular weight excluding hydrogens is 336 g/mol. The van der Waals surface area contributed by atoms with E-state index >= 15 is 0 Å². The Bertz CT molecular complexity index is 860. The fourth-order valence-electron chi connectivity index (χ4n) is 3.15. The zero-order valence-corrected chi connectivity index (χ0v) is 15.0. The van der Waals surface area contributed by atoms with E-state index in [4.69, 9.17) is 4.74 Å². The van der Waals surface area contributed by atoms with Gasteiger partial charge in [-0.15, -0.1) is 0 Å². The summed E-state index contributed by atoms with van der Waals surface area (Å²) in [6.07, 6.45) is 2.53. The van der Waals surface area contributed by atoms with E-state index in [0.29, 0.717) is 13.0 Å². The van der Waals surface area contributed by atoms with Crippen LogP contribution in [0, 0.1) is 0 Å². The number of fused-ring (bicyclic) bond motifs is 1. The quantitative estimate of drug-likeness (QED) is 0.757. The number of nitrogens with one attached hydrogen (secondary N) is 2. The van der Waals surface area contributed by atoms with E-state index in [2.05, 4.69) is 10.3 Å². The molecule has 1 fully saturated rings. The first-order valence-corrected chi connectivity index (χ1v) is 8.37. The highest BCUT2D eigenvalue weighted by Crippen LogP contribution is 2.23. The standard InChI is InChI=1S/C18H22N4O4/c1-21-15(17(24)22(2)18(21)25)9-16(23)19-7-6-11-10-20-14-5-4-12(26-3)8-13(11)14/h4-5,8,10,15,20H,6-7,9H2,1-3H3,(H,19,23)/t15-/m0/s1. The van der Waals surface area contributed by atoms with Crippen LogP contribution in [0.2, 0.25) is 0 Å². The summed E-state index contributed by atoms with van der Waals surface area (Å²) >= 11 is 0. The third-order valence-corrected chi connectivity index (χ3v) is 4.74. The van der Waals surface area contributed by atoms with E-state index in [9.17, 15) is 14.4 Å². The van der Waals surface area contributed by atoms with Gasteiger partial charge in [0.25, 0.3) is 5.91 Å². The summed E-state index contributed by atoms with van der Waals surface area (Å²) in [6.45, 7) is 0.442. The van der Waals surface area contributed by atoms with Crippen LogP contribution < -0.4 is 10.1 Å². The van der Waals surface area contributed by atoms with Crippen LogP contribution in [0.3, 0.4) is 0 Å². The van der Waals surface area contributed by atoms with Crippen LogP contribution in [0.15, 0.2) is 24.4 Å². The highest BCUT2D eigenvalue weighted by Gasteiger charge is 2.41. The van der Waals surface area contributed by atoms with Crippen LogP contribution in [0.4, 0.5) is 4.79 Å². The molecule has 26 heavy (non-hydrogen) atoms. The van der Waals surface area contributed by atoms with Gasteiger partial charge in [-0.25, -0.2) is 4.79 Å². The summed E-state index contributed by atoms with van der Waals surface area (Å²) in [5, 5.41) is 3.87. The first-order valence-electron chi connectivity index (χ1n) is 8.37. The normalized spacial score (nSPS) is 17.3. The summed E-state index contributed by atoms with van der Waals surface area (Å²) in [6, 6.07) is 4.67. The van der Waals surface area contributed by atoms with Crippen molar-refractivity contribution in [2.75, 3.05) is 27.7 Å². The molecule has 0 unspecified atom stereocenters. The van der Waals surface area contributed by atoms with E-state index in [1.807, 2.05) is 24.4 Å². The smallest absolute Gasteiger partial charge is 0.326 e. The molecule has 0 spiro atoms. The van der Waals surface area contributed by atoms with Gasteiger partial charge in [0, 0.05) is 37.7 Å². The number of nitrogens with zero attached hydrogens (tertiary/aromatic N) is 2. The number of aromatic nitrogens is 1. The van der Waals surface area contributed by atoms with Crippen molar-refractivity contribution >= 4 is 28.7 Å². The van der Waals surface area contributed by atoms with E-state index in [1.165, 1.54) is 19.0 Å². The number of urea groups is 1. The molecule has 1 atom stereocenters. The first-order chi connectivity index (χ1) is 12.4. The van der Waals surface area contributed by atoms with Crippen LogP contribution in [0.5, 0.6) is 5.75 Å². The molecule has 1 aliphatic rings. The number of amides is 4. The van der Waals surface area contributed by atoms with E-state index in [0.717, 1.165) is 27.1 Å². The molecule has 1 aromatic heterocycles. The van der Waals surface area contributed by atoms with E-state index < -0.39 is 6.04 Å². The van der Waals surface area contributed by atoms with Gasteiger partial charge in [-0.05, 0) is 30.2 Å². The summed E-state index contributed by atoms with van der Waals surface area (Å²) < 4.78 is 5.25. The number of benzene rings is 1. The lowest BCUT2D eigenvalue weighted by molar-refractivity contribution is -0.131. The highest BCUT2D eigenvalue weighted by atomic mass is 16.5. The van der Waals surface area contributed by atoms with Gasteiger partial charge in [0.15, 0.2) is 0 Å². The number of hydrogen-bond acceptors (Lipinski definition) is 4. The van der Waals surface area contributed by atoms with Crippen molar-refractivity contribution in [1.82, 2.24) is 20.1 Å². The molecule has 4 amide bonds. The molecule has 1 saturated heterocycles. The SMILES string of the molecule is COc1ccc2[nH]cc(CCNC(=O)C[C@H]3C(=O)N(C)C(=O)N3C)c2c1. The molecule has 8 nitrogen and oxygen atoms in total. The summed E-state index contributed by atoms with van der Waals surface area (Å²) in [4.78, 5) is 41.4. The predicted octanol–water partition coefficient (Wildman–Crippen LogP) is 1.12. The van der Waals surface area contributed by atoms with E-state index in [1.54, 1.807) is 7.11 Å². The minimum atomic E-state index is -0.732. The number of likely N-dealkylation sites (N-methyl/N-ethyl adjacent to an activating group) is 2. The summed E-state index contributed by atoms with van der Waals surface area (Å²) in [7, 11) is 4.57. The number of carbonyl (C=O) groups is 3. The lowest BCUT2D eigenvalue weighted by atomic mass is 10.1. The average molecular weight is 358 g/mol. The van der Waals surface area contributed by atoms with Crippen molar-refractivity contribution < 1.29 is 19.1 Å². The van der Waals surface area contributed by atoms with Gasteiger partial charge < -0.3 is 19.9 Å². The molecule has 2 N–H and O–H groups in total. The largest absolute Gasteiger partial charge is 0.497 e. The van der Waals surface area contributed by atoms with Crippen LogP contribution in [0.1, 0.15) is 12.0 Å². The molecule has 1 aliphatic heterocycles. The van der Waals surface area contributed by atoms with Gasteiger partial charge in [0.1, 0.15) is 11.8 Å². The Morgan fingerprint density at radius 2 is 2.08 bits per heavy atom. The Morgan fingerprint density at radius 3 is 2.73 bits per heavy atom. The maximum atomic E-state index is 12.1. The molecule has 0 aliphatic carbocycles. The molecule has 8 heteroatoms. The molecule has 0 saturated carbocycles. The van der Waals surface area contributed by atoms with Gasteiger partial charge in [-0.3, -0.25) is 14.5 Å². The van der Waals surface area contributed by atoms with Crippen LogP contribution in [-0.4, -0.2) is 66.4 Å². The summed E-state index contributed by atoms with van der Waals surface area (Å²) in [5.41, 5.74) is 2.08. The zero-order chi connectivity index (χ0) is 18.8. The monoisotopic (exact) mass is 358 g/mol. The van der Waals surface area contributed by atoms with Gasteiger partial charge in [0.05, 0.1) is 13.5 Å². The van der Waals surface area contributed by atoms with Crippen molar-refractivity contribution in [3.05, 3.63) is 30.0 Å². The van der Waals surface area contributed by atoms with E-state index in [-0.39, 0.29) is 24.3 Å². The lowest BCUT2D eigenvalue weighted by Crippen LogP contribution is -2.37. The van der Waals surface area contributed by atoms with Crippen LogP contribution in [0.25, 0.3) is 10.9 Å². The minimum absolute atomic E-state index is 0.0346. The predicted molar refractivity (Wildman–Crippen MR) is 95.9 cm³/mol. The number of methoxy groups -OCH3 is 1. The van der Waals surface area contributed by atoms with Gasteiger partial charge in [0.2, 0.25) is 5.91 Å². The molecule has 3 rings (SSSR count). The fraction of sp³-hybridized carbons (Fsp3) is 0.389. The maximum Gasteiger partial charge on any atom is 0.326 e. The van der Waals surface area contributed by atoms with Crippen LogP contribution >= 0.6 is 0 Å². The van der Waals surface area contributed by atoms with Crippen molar-refractivity contribution in [2.45, 2.75) is 18.9 Å². The third kappa shape index (κ3) is 3.22. The Hall–Kier alpha value is -3.03. The Labute approximate surface area is 151 Å². The molecule has 2 aromatic rings. The van der Waals surface area contributed by atoms with Crippen LogP contribution in [-0.2, 0) is 16.0 Å². The number of ether oxygens (including phenoxy) is 1. The van der Waals surface area contributed by atoms with Gasteiger partial charge in [-0.1, -0.05) is 0 Å². The number of hydrogen-bond donors (Lipinski definition) is 2. The number of carbonyl (C=O) groups excluding carboxylic acids is 3. The van der Waals surface area contributed by atoms with Crippen molar-refractivity contribution in [1.29, 1.82) is 0 Å². The van der Waals surface area contributed by atoms with Crippen molar-refractivity contribution in [3.63, 3.8) is 0 Å². The Balaban J connectivity index is 1.56. The second-order valence-corrected chi connectivity index (χ2v) is 6.34. The molecule has 0 bridgehead atoms. The number of rotatable bonds is 6. The zero-order valence-electron chi connectivity index (χ0n) is 15.0.